The molecular weight excluding hydrogens is 554 g/mol. The quantitative estimate of drug-likeness (QED) is 0.276. The van der Waals surface area contributed by atoms with Gasteiger partial charge in [0.25, 0.3) is 0 Å². The largest absolute Gasteiger partial charge is 0.385 e. The maximum Gasteiger partial charge on any atom is 0.242 e. The second-order valence-corrected chi connectivity index (χ2v) is 11.5. The Morgan fingerprint density at radius 1 is 0.955 bits per heavy atom. The highest BCUT2D eigenvalue weighted by Gasteiger charge is 2.40. The normalized spacial score (nSPS) is 18.2. The summed E-state index contributed by atoms with van der Waals surface area (Å²) in [6, 6.07) is 25.6. The molecule has 44 heavy (non-hydrogen) atoms. The van der Waals surface area contributed by atoms with Gasteiger partial charge in [0.15, 0.2) is 11.6 Å². The molecule has 2 aliphatic rings. The van der Waals surface area contributed by atoms with Gasteiger partial charge in [-0.2, -0.15) is 5.10 Å². The lowest BCUT2D eigenvalue weighted by Gasteiger charge is -2.37. The van der Waals surface area contributed by atoms with Crippen molar-refractivity contribution in [2.75, 3.05) is 31.7 Å². The third-order valence-electron chi connectivity index (χ3n) is 8.85. The smallest absolute Gasteiger partial charge is 0.242 e. The number of nitrogens with zero attached hydrogens (tertiary/aromatic N) is 6. The van der Waals surface area contributed by atoms with Crippen LogP contribution in [0, 0.1) is 0 Å². The number of para-hydroxylation sites is 3. The van der Waals surface area contributed by atoms with E-state index in [-0.39, 0.29) is 24.4 Å². The first-order chi connectivity index (χ1) is 21.6. The molecule has 2 atom stereocenters. The summed E-state index contributed by atoms with van der Waals surface area (Å²) in [5, 5.41) is 17.9. The molecule has 2 aliphatic heterocycles. The second-order valence-electron chi connectivity index (χ2n) is 11.5. The van der Waals surface area contributed by atoms with Crippen LogP contribution in [-0.2, 0) is 20.7 Å². The minimum absolute atomic E-state index is 0.0566. The average molecular weight is 590 g/mol. The van der Waals surface area contributed by atoms with E-state index in [0.29, 0.717) is 36.9 Å². The van der Waals surface area contributed by atoms with Crippen molar-refractivity contribution in [1.82, 2.24) is 29.9 Å². The van der Waals surface area contributed by atoms with Crippen molar-refractivity contribution in [2.45, 2.75) is 44.1 Å². The van der Waals surface area contributed by atoms with Crippen molar-refractivity contribution in [1.29, 1.82) is 0 Å². The summed E-state index contributed by atoms with van der Waals surface area (Å²) in [6.45, 7) is 1.22. The van der Waals surface area contributed by atoms with Crippen LogP contribution in [0.4, 0.5) is 5.69 Å². The first-order valence-electron chi connectivity index (χ1n) is 15.3. The summed E-state index contributed by atoms with van der Waals surface area (Å²) >= 11 is 0. The van der Waals surface area contributed by atoms with Crippen molar-refractivity contribution < 1.29 is 14.3 Å². The van der Waals surface area contributed by atoms with Gasteiger partial charge in [-0.3, -0.25) is 19.3 Å². The predicted octanol–water partition coefficient (Wildman–Crippen LogP) is 4.90. The topological polar surface area (TPSA) is 109 Å². The van der Waals surface area contributed by atoms with Crippen molar-refractivity contribution in [2.24, 2.45) is 0 Å². The third-order valence-corrected chi connectivity index (χ3v) is 8.85. The minimum atomic E-state index is -0.725. The number of carbonyl (C=O) groups is 2. The van der Waals surface area contributed by atoms with Crippen molar-refractivity contribution in [3.63, 3.8) is 0 Å². The first kappa shape index (κ1) is 28.0. The van der Waals surface area contributed by atoms with E-state index >= 15 is 0 Å². The van der Waals surface area contributed by atoms with Gasteiger partial charge in [-0.1, -0.05) is 60.7 Å². The molecule has 1 saturated heterocycles. The van der Waals surface area contributed by atoms with Gasteiger partial charge in [0.1, 0.15) is 12.5 Å². The lowest BCUT2D eigenvalue weighted by Crippen LogP contribution is -2.50. The van der Waals surface area contributed by atoms with E-state index in [1.807, 2.05) is 88.3 Å². The highest BCUT2D eigenvalue weighted by Crippen LogP contribution is 2.39. The summed E-state index contributed by atoms with van der Waals surface area (Å²) in [4.78, 5) is 32.4. The number of fused-ring (bicyclic) bond motifs is 4. The Balaban J connectivity index is 1.33. The second kappa shape index (κ2) is 12.0. The van der Waals surface area contributed by atoms with Crippen LogP contribution in [0.15, 0.2) is 78.9 Å². The number of amides is 2. The molecule has 1 fully saturated rings. The Labute approximate surface area is 255 Å². The van der Waals surface area contributed by atoms with E-state index in [0.717, 1.165) is 53.5 Å². The molecule has 1 N–H and O–H groups in total. The Hall–Kier alpha value is -4.83. The fourth-order valence-corrected chi connectivity index (χ4v) is 6.65. The molecule has 2 amide bonds. The van der Waals surface area contributed by atoms with Crippen LogP contribution in [0.25, 0.3) is 28.0 Å². The van der Waals surface area contributed by atoms with Crippen molar-refractivity contribution in [3.8, 4) is 17.1 Å². The van der Waals surface area contributed by atoms with Gasteiger partial charge in [0, 0.05) is 43.7 Å². The van der Waals surface area contributed by atoms with Crippen LogP contribution in [0.5, 0.6) is 0 Å². The number of likely N-dealkylation sites (tertiary alicyclic amines) is 1. The van der Waals surface area contributed by atoms with Gasteiger partial charge in [0.2, 0.25) is 11.8 Å². The van der Waals surface area contributed by atoms with Gasteiger partial charge in [-0.05, 0) is 43.9 Å². The molecule has 0 saturated carbocycles. The summed E-state index contributed by atoms with van der Waals surface area (Å²) in [6.07, 6.45) is 4.06. The summed E-state index contributed by atoms with van der Waals surface area (Å²) in [7, 11) is 1.69. The highest BCUT2D eigenvalue weighted by atomic mass is 16.5. The SMILES string of the molecule is COCC[C@H]1CCCCN1C(=O)CN1C(=O)C(Cc2n[nH]c3ccccc23)c2nnc(-c3ccccc3)n2-c2ccccc21. The molecule has 0 bridgehead atoms. The number of aromatic nitrogens is 5. The predicted molar refractivity (Wildman–Crippen MR) is 168 cm³/mol. The number of hydrogen-bond donors (Lipinski definition) is 1. The molecule has 7 rings (SSSR count). The molecule has 224 valence electrons. The monoisotopic (exact) mass is 589 g/mol. The van der Waals surface area contributed by atoms with Crippen molar-refractivity contribution in [3.05, 3.63) is 90.4 Å². The van der Waals surface area contributed by atoms with Crippen LogP contribution in [0.1, 0.15) is 43.1 Å². The number of benzene rings is 3. The number of anilines is 1. The molecular formula is C34H35N7O3. The van der Waals surface area contributed by atoms with E-state index < -0.39 is 5.92 Å². The Morgan fingerprint density at radius 3 is 2.57 bits per heavy atom. The van der Waals surface area contributed by atoms with Gasteiger partial charge in [-0.25, -0.2) is 0 Å². The molecule has 4 heterocycles. The highest BCUT2D eigenvalue weighted by molar-refractivity contribution is 6.05. The van der Waals surface area contributed by atoms with Crippen LogP contribution >= 0.6 is 0 Å². The Kier molecular flexibility index (Phi) is 7.66. The van der Waals surface area contributed by atoms with E-state index in [2.05, 4.69) is 20.4 Å². The number of ether oxygens (including phenoxy) is 1. The summed E-state index contributed by atoms with van der Waals surface area (Å²) in [5.41, 5.74) is 3.97. The van der Waals surface area contributed by atoms with Crippen LogP contribution < -0.4 is 4.90 Å². The molecule has 1 unspecified atom stereocenters. The van der Waals surface area contributed by atoms with Gasteiger partial charge < -0.3 is 14.5 Å². The first-order valence-corrected chi connectivity index (χ1v) is 15.3. The molecule has 0 radical (unpaired) electrons. The number of methoxy groups -OCH3 is 1. The van der Waals surface area contributed by atoms with E-state index in [1.165, 1.54) is 0 Å². The van der Waals surface area contributed by atoms with Crippen molar-refractivity contribution >= 4 is 28.4 Å². The lowest BCUT2D eigenvalue weighted by atomic mass is 9.98. The number of nitrogens with one attached hydrogen (secondary N) is 1. The average Bonchev–Trinajstić information content (AvgIpc) is 3.68. The zero-order valence-electron chi connectivity index (χ0n) is 24.7. The maximum absolute atomic E-state index is 14.8. The fourth-order valence-electron chi connectivity index (χ4n) is 6.65. The number of hydrogen-bond acceptors (Lipinski definition) is 6. The lowest BCUT2D eigenvalue weighted by molar-refractivity contribution is -0.135. The van der Waals surface area contributed by atoms with E-state index in [1.54, 1.807) is 12.0 Å². The van der Waals surface area contributed by atoms with Gasteiger partial charge in [0.05, 0.1) is 22.6 Å². The van der Waals surface area contributed by atoms with Gasteiger partial charge >= 0.3 is 0 Å². The zero-order chi connectivity index (χ0) is 30.0. The van der Waals surface area contributed by atoms with E-state index in [4.69, 9.17) is 4.74 Å². The fraction of sp³-hybridized carbons (Fsp3) is 0.324. The molecule has 5 aromatic rings. The zero-order valence-corrected chi connectivity index (χ0v) is 24.7. The molecule has 0 aliphatic carbocycles. The summed E-state index contributed by atoms with van der Waals surface area (Å²) in [5.74, 6) is 0.186. The number of H-pyrrole nitrogens is 1. The van der Waals surface area contributed by atoms with E-state index in [9.17, 15) is 9.59 Å². The molecule has 10 heteroatoms. The third kappa shape index (κ3) is 5.05. The Bertz CT molecular complexity index is 1800. The number of piperidine rings is 1. The van der Waals surface area contributed by atoms with Crippen LogP contribution in [0.3, 0.4) is 0 Å². The molecule has 3 aromatic carbocycles. The number of aromatic amines is 1. The maximum atomic E-state index is 14.8. The minimum Gasteiger partial charge on any atom is -0.385 e. The molecule has 10 nitrogen and oxygen atoms in total. The number of rotatable bonds is 8. The standard InChI is InChI=1S/C34H35N7O3/c1-44-20-18-24-13-9-10-19-39(24)31(42)22-40-29-16-7-8-17-30(29)41-32(23-11-3-2-4-12-23)37-38-33(41)26(34(40)43)21-28-25-14-5-6-15-27(25)35-36-28/h2-8,11-12,14-17,24,26H,9-10,13,18-22H2,1H3,(H,35,36)/t24-,26?/m1/s1. The summed E-state index contributed by atoms with van der Waals surface area (Å²) < 4.78 is 7.33. The van der Waals surface area contributed by atoms with Crippen LogP contribution in [-0.4, -0.2) is 74.5 Å². The Morgan fingerprint density at radius 2 is 1.73 bits per heavy atom. The molecule has 2 aromatic heterocycles. The van der Waals surface area contributed by atoms with Crippen LogP contribution in [0.2, 0.25) is 0 Å². The number of carbonyl (C=O) groups excluding carboxylic acids is 2. The van der Waals surface area contributed by atoms with Gasteiger partial charge in [-0.15, -0.1) is 10.2 Å². The molecule has 0 spiro atoms.